The number of carbonyl (C=O) groups is 1. The topological polar surface area (TPSA) is 62.1 Å². The Hall–Kier alpha value is -1.38. The summed E-state index contributed by atoms with van der Waals surface area (Å²) in [4.78, 5) is 12.8. The van der Waals surface area contributed by atoms with E-state index in [-0.39, 0.29) is 5.97 Å². The second kappa shape index (κ2) is 6.99. The zero-order valence-corrected chi connectivity index (χ0v) is 9.97. The number of hydrogen-bond donors (Lipinski definition) is 1. The fraction of sp³-hybridized carbons (Fsp3) is 0.455. The van der Waals surface area contributed by atoms with Gasteiger partial charge in [-0.15, -0.1) is 11.3 Å². The molecule has 4 nitrogen and oxygen atoms in total. The van der Waals surface area contributed by atoms with Crippen LogP contribution in [-0.2, 0) is 16.1 Å². The molecule has 0 aliphatic rings. The van der Waals surface area contributed by atoms with Crippen molar-refractivity contribution < 1.29 is 9.53 Å². The van der Waals surface area contributed by atoms with Gasteiger partial charge >= 0.3 is 5.97 Å². The number of rotatable bonds is 6. The van der Waals surface area contributed by atoms with Gasteiger partial charge in [0, 0.05) is 18.0 Å². The maximum Gasteiger partial charge on any atom is 0.307 e. The third-order valence-electron chi connectivity index (χ3n) is 1.88. The molecule has 1 aromatic rings. The number of thiophene rings is 1. The van der Waals surface area contributed by atoms with Gasteiger partial charge in [0.2, 0.25) is 0 Å². The smallest absolute Gasteiger partial charge is 0.307 e. The van der Waals surface area contributed by atoms with Gasteiger partial charge in [0.1, 0.15) is 10.9 Å². The first kappa shape index (κ1) is 12.7. The lowest BCUT2D eigenvalue weighted by atomic mass is 10.4. The van der Waals surface area contributed by atoms with Crippen LogP contribution in [0.15, 0.2) is 12.1 Å². The highest BCUT2D eigenvalue weighted by Gasteiger charge is 2.02. The average molecular weight is 238 g/mol. The van der Waals surface area contributed by atoms with Crippen molar-refractivity contribution in [3.05, 3.63) is 21.9 Å². The maximum absolute atomic E-state index is 11.0. The van der Waals surface area contributed by atoms with Crippen molar-refractivity contribution >= 4 is 17.3 Å². The van der Waals surface area contributed by atoms with E-state index in [0.717, 1.165) is 4.88 Å². The van der Waals surface area contributed by atoms with Crippen molar-refractivity contribution in [1.82, 2.24) is 5.32 Å². The zero-order valence-electron chi connectivity index (χ0n) is 9.16. The summed E-state index contributed by atoms with van der Waals surface area (Å²) in [5, 5.41) is 11.8. The lowest BCUT2D eigenvalue weighted by Gasteiger charge is -2.02. The quantitative estimate of drug-likeness (QED) is 0.605. The van der Waals surface area contributed by atoms with Crippen LogP contribution < -0.4 is 5.32 Å². The molecule has 1 N–H and O–H groups in total. The minimum absolute atomic E-state index is 0.182. The number of esters is 1. The van der Waals surface area contributed by atoms with Gasteiger partial charge in [0.05, 0.1) is 13.0 Å². The van der Waals surface area contributed by atoms with E-state index < -0.39 is 0 Å². The highest BCUT2D eigenvalue weighted by Crippen LogP contribution is 2.14. The first-order valence-corrected chi connectivity index (χ1v) is 5.93. The molecule has 1 rings (SSSR count). The zero-order chi connectivity index (χ0) is 11.8. The molecule has 0 saturated heterocycles. The summed E-state index contributed by atoms with van der Waals surface area (Å²) in [6, 6.07) is 5.81. The molecule has 0 spiro atoms. The Kier molecular flexibility index (Phi) is 5.54. The third kappa shape index (κ3) is 4.43. The Morgan fingerprint density at radius 2 is 2.44 bits per heavy atom. The van der Waals surface area contributed by atoms with E-state index in [2.05, 4.69) is 11.4 Å². The summed E-state index contributed by atoms with van der Waals surface area (Å²) in [6.45, 7) is 3.50. The van der Waals surface area contributed by atoms with E-state index >= 15 is 0 Å². The van der Waals surface area contributed by atoms with Crippen molar-refractivity contribution in [2.75, 3.05) is 13.2 Å². The summed E-state index contributed by atoms with van der Waals surface area (Å²) in [5.74, 6) is -0.182. The van der Waals surface area contributed by atoms with Gasteiger partial charge in [-0.05, 0) is 19.1 Å². The highest BCUT2D eigenvalue weighted by molar-refractivity contribution is 7.12. The minimum atomic E-state index is -0.182. The molecule has 0 unspecified atom stereocenters. The van der Waals surface area contributed by atoms with Crippen LogP contribution >= 0.6 is 11.3 Å². The molecule has 0 aromatic carbocycles. The molecule has 1 heterocycles. The second-order valence-electron chi connectivity index (χ2n) is 3.11. The second-order valence-corrected chi connectivity index (χ2v) is 4.28. The third-order valence-corrected chi connectivity index (χ3v) is 2.87. The van der Waals surface area contributed by atoms with Crippen LogP contribution in [0.2, 0.25) is 0 Å². The number of hydrogen-bond acceptors (Lipinski definition) is 5. The molecule has 16 heavy (non-hydrogen) atoms. The van der Waals surface area contributed by atoms with Gasteiger partial charge in [0.25, 0.3) is 0 Å². The fourth-order valence-corrected chi connectivity index (χ4v) is 1.94. The summed E-state index contributed by atoms with van der Waals surface area (Å²) in [7, 11) is 0. The van der Waals surface area contributed by atoms with Crippen LogP contribution in [0.25, 0.3) is 0 Å². The van der Waals surface area contributed by atoms with Crippen LogP contribution in [0.1, 0.15) is 23.1 Å². The van der Waals surface area contributed by atoms with E-state index in [1.807, 2.05) is 6.07 Å². The predicted molar refractivity (Wildman–Crippen MR) is 62.0 cm³/mol. The molecule has 0 aliphatic heterocycles. The van der Waals surface area contributed by atoms with Crippen LogP contribution in [0, 0.1) is 11.3 Å². The first-order chi connectivity index (χ1) is 7.76. The Balaban J connectivity index is 2.16. The summed E-state index contributed by atoms with van der Waals surface area (Å²) in [5.41, 5.74) is 0. The molecule has 0 bridgehead atoms. The Morgan fingerprint density at radius 1 is 1.62 bits per heavy atom. The van der Waals surface area contributed by atoms with Gasteiger partial charge < -0.3 is 10.1 Å². The van der Waals surface area contributed by atoms with E-state index in [1.165, 1.54) is 11.3 Å². The van der Waals surface area contributed by atoms with Gasteiger partial charge in [0.15, 0.2) is 0 Å². The van der Waals surface area contributed by atoms with Gasteiger partial charge in [-0.25, -0.2) is 0 Å². The average Bonchev–Trinajstić information content (AvgIpc) is 2.73. The van der Waals surface area contributed by atoms with Crippen molar-refractivity contribution in [3.63, 3.8) is 0 Å². The molecular formula is C11H14N2O2S. The molecular weight excluding hydrogens is 224 g/mol. The Bertz CT molecular complexity index is 382. The predicted octanol–water partition coefficient (Wildman–Crippen LogP) is 1.66. The molecule has 0 amide bonds. The van der Waals surface area contributed by atoms with Gasteiger partial charge in [-0.2, -0.15) is 5.26 Å². The van der Waals surface area contributed by atoms with E-state index in [9.17, 15) is 4.79 Å². The molecule has 0 radical (unpaired) electrons. The van der Waals surface area contributed by atoms with Crippen LogP contribution in [0.4, 0.5) is 0 Å². The number of ether oxygens (including phenoxy) is 1. The van der Waals surface area contributed by atoms with Gasteiger partial charge in [-0.1, -0.05) is 0 Å². The van der Waals surface area contributed by atoms with Crippen molar-refractivity contribution in [2.45, 2.75) is 19.9 Å². The molecule has 0 fully saturated rings. The lowest BCUT2D eigenvalue weighted by molar-refractivity contribution is -0.142. The highest BCUT2D eigenvalue weighted by atomic mass is 32.1. The van der Waals surface area contributed by atoms with Gasteiger partial charge in [-0.3, -0.25) is 4.79 Å². The summed E-state index contributed by atoms with van der Waals surface area (Å²) < 4.78 is 4.80. The summed E-state index contributed by atoms with van der Waals surface area (Å²) >= 11 is 1.46. The minimum Gasteiger partial charge on any atom is -0.466 e. The molecule has 0 aliphatic carbocycles. The molecule has 5 heteroatoms. The van der Waals surface area contributed by atoms with Crippen LogP contribution in [0.5, 0.6) is 0 Å². The lowest BCUT2D eigenvalue weighted by Crippen LogP contribution is -2.18. The fourth-order valence-electron chi connectivity index (χ4n) is 1.17. The number of nitrogens with one attached hydrogen (secondary N) is 1. The number of nitriles is 1. The largest absolute Gasteiger partial charge is 0.466 e. The van der Waals surface area contributed by atoms with Crippen LogP contribution in [-0.4, -0.2) is 19.1 Å². The monoisotopic (exact) mass is 238 g/mol. The SMILES string of the molecule is CCOC(=O)CCNCc1ccc(C#N)s1. The van der Waals surface area contributed by atoms with Crippen LogP contribution in [0.3, 0.4) is 0 Å². The molecule has 0 saturated carbocycles. The molecule has 86 valence electrons. The standard InChI is InChI=1S/C11H14N2O2S/c1-2-15-11(14)5-6-13-8-10-4-3-9(7-12)16-10/h3-4,13H,2,5-6,8H2,1H3. The summed E-state index contributed by atoms with van der Waals surface area (Å²) in [6.07, 6.45) is 0.379. The normalized spacial score (nSPS) is 9.75. The van der Waals surface area contributed by atoms with Crippen molar-refractivity contribution in [3.8, 4) is 6.07 Å². The number of carbonyl (C=O) groups excluding carboxylic acids is 1. The molecule has 0 atom stereocenters. The Morgan fingerprint density at radius 3 is 3.06 bits per heavy atom. The van der Waals surface area contributed by atoms with E-state index in [1.54, 1.807) is 13.0 Å². The first-order valence-electron chi connectivity index (χ1n) is 5.11. The number of nitrogens with zero attached hydrogens (tertiary/aromatic N) is 1. The van der Waals surface area contributed by atoms with Crippen molar-refractivity contribution in [2.24, 2.45) is 0 Å². The Labute approximate surface area is 98.8 Å². The van der Waals surface area contributed by atoms with Crippen molar-refractivity contribution in [1.29, 1.82) is 5.26 Å². The molecule has 1 aromatic heterocycles. The van der Waals surface area contributed by atoms with E-state index in [0.29, 0.717) is 31.0 Å². The van der Waals surface area contributed by atoms with E-state index in [4.69, 9.17) is 10.00 Å². The maximum atomic E-state index is 11.0.